The van der Waals surface area contributed by atoms with Crippen LogP contribution in [0.2, 0.25) is 0 Å². The maximum Gasteiger partial charge on any atom is 0.256 e. The van der Waals surface area contributed by atoms with Crippen molar-refractivity contribution in [3.05, 3.63) is 60.2 Å². The standard InChI is InChI=1S/C20H19N3O3/c24-18(21-14-7-2-1-3-8-14)13-23-16-10-5-4-9-15(16)19(25)22-12-6-11-17(22)20(23)26/h1-5,7-10,17H,6,11-13H2,(H,21,24)/t17-/m1/s1. The lowest BCUT2D eigenvalue weighted by Crippen LogP contribution is -2.47. The molecule has 6 nitrogen and oxygen atoms in total. The van der Waals surface area contributed by atoms with Crippen molar-refractivity contribution < 1.29 is 14.4 Å². The minimum atomic E-state index is -0.487. The zero-order chi connectivity index (χ0) is 18.1. The summed E-state index contributed by atoms with van der Waals surface area (Å²) in [4.78, 5) is 41.5. The van der Waals surface area contributed by atoms with E-state index in [1.54, 1.807) is 41.3 Å². The summed E-state index contributed by atoms with van der Waals surface area (Å²) >= 11 is 0. The summed E-state index contributed by atoms with van der Waals surface area (Å²) in [7, 11) is 0. The molecule has 2 aromatic rings. The van der Waals surface area contributed by atoms with Gasteiger partial charge in [-0.05, 0) is 37.1 Å². The zero-order valence-electron chi connectivity index (χ0n) is 14.2. The van der Waals surface area contributed by atoms with Crippen LogP contribution in [-0.2, 0) is 9.59 Å². The Kier molecular flexibility index (Phi) is 4.16. The smallest absolute Gasteiger partial charge is 0.256 e. The van der Waals surface area contributed by atoms with Gasteiger partial charge in [0.15, 0.2) is 0 Å². The van der Waals surface area contributed by atoms with Gasteiger partial charge >= 0.3 is 0 Å². The van der Waals surface area contributed by atoms with Gasteiger partial charge in [0.05, 0.1) is 11.3 Å². The first kappa shape index (κ1) is 16.3. The molecule has 0 radical (unpaired) electrons. The van der Waals surface area contributed by atoms with Crippen molar-refractivity contribution in [3.8, 4) is 0 Å². The second-order valence-electron chi connectivity index (χ2n) is 6.51. The Morgan fingerprint density at radius 1 is 1.04 bits per heavy atom. The van der Waals surface area contributed by atoms with Crippen LogP contribution in [0.5, 0.6) is 0 Å². The molecule has 0 spiro atoms. The molecule has 6 heteroatoms. The number of fused-ring (bicyclic) bond motifs is 2. The fourth-order valence-electron chi connectivity index (χ4n) is 3.64. The van der Waals surface area contributed by atoms with Gasteiger partial charge in [-0.15, -0.1) is 0 Å². The van der Waals surface area contributed by atoms with E-state index in [0.717, 1.165) is 6.42 Å². The molecule has 1 atom stereocenters. The third-order valence-corrected chi connectivity index (χ3v) is 4.85. The number of carbonyl (C=O) groups is 3. The van der Waals surface area contributed by atoms with Gasteiger partial charge in [0, 0.05) is 12.2 Å². The summed E-state index contributed by atoms with van der Waals surface area (Å²) in [6.45, 7) is 0.454. The number of amides is 3. The molecule has 2 aliphatic rings. The van der Waals surface area contributed by atoms with Crippen molar-refractivity contribution in [2.45, 2.75) is 18.9 Å². The van der Waals surface area contributed by atoms with Crippen LogP contribution in [0.1, 0.15) is 23.2 Å². The summed E-state index contributed by atoms with van der Waals surface area (Å²) in [6.07, 6.45) is 1.43. The lowest BCUT2D eigenvalue weighted by molar-refractivity contribution is -0.124. The maximum absolute atomic E-state index is 13.1. The lowest BCUT2D eigenvalue weighted by atomic mass is 10.1. The SMILES string of the molecule is O=C(CN1C(=O)[C@H]2CCCN2C(=O)c2ccccc21)Nc1ccccc1. The van der Waals surface area contributed by atoms with Crippen molar-refractivity contribution in [1.29, 1.82) is 0 Å². The molecule has 2 aliphatic heterocycles. The molecular formula is C20H19N3O3. The number of hydrogen-bond acceptors (Lipinski definition) is 3. The molecule has 2 aromatic carbocycles. The van der Waals surface area contributed by atoms with Crippen molar-refractivity contribution in [3.63, 3.8) is 0 Å². The Labute approximate surface area is 151 Å². The minimum absolute atomic E-state index is 0.123. The van der Waals surface area contributed by atoms with Gasteiger partial charge < -0.3 is 15.1 Å². The Balaban J connectivity index is 1.65. The van der Waals surface area contributed by atoms with Gasteiger partial charge in [-0.3, -0.25) is 14.4 Å². The molecule has 1 saturated heterocycles. The molecule has 0 bridgehead atoms. The average Bonchev–Trinajstić information content (AvgIpc) is 3.13. The molecule has 0 aliphatic carbocycles. The highest BCUT2D eigenvalue weighted by Gasteiger charge is 2.42. The Morgan fingerprint density at radius 2 is 1.77 bits per heavy atom. The largest absolute Gasteiger partial charge is 0.327 e. The minimum Gasteiger partial charge on any atom is -0.327 e. The van der Waals surface area contributed by atoms with Crippen LogP contribution < -0.4 is 10.2 Å². The van der Waals surface area contributed by atoms with Crippen molar-refractivity contribution in [1.82, 2.24) is 4.90 Å². The van der Waals surface area contributed by atoms with Gasteiger partial charge in [0.1, 0.15) is 12.6 Å². The van der Waals surface area contributed by atoms with E-state index in [2.05, 4.69) is 5.32 Å². The number of anilines is 2. The second kappa shape index (κ2) is 6.63. The van der Waals surface area contributed by atoms with E-state index in [1.165, 1.54) is 4.90 Å². The van der Waals surface area contributed by atoms with Gasteiger partial charge in [-0.25, -0.2) is 0 Å². The highest BCUT2D eigenvalue weighted by Crippen LogP contribution is 2.32. The molecule has 26 heavy (non-hydrogen) atoms. The van der Waals surface area contributed by atoms with Crippen LogP contribution in [0.3, 0.4) is 0 Å². The summed E-state index contributed by atoms with van der Waals surface area (Å²) in [5.41, 5.74) is 1.64. The van der Waals surface area contributed by atoms with E-state index in [4.69, 9.17) is 0 Å². The normalized spacial score (nSPS) is 19.0. The first-order valence-electron chi connectivity index (χ1n) is 8.71. The van der Waals surface area contributed by atoms with Crippen molar-refractivity contribution in [2.24, 2.45) is 0 Å². The second-order valence-corrected chi connectivity index (χ2v) is 6.51. The van der Waals surface area contributed by atoms with E-state index in [0.29, 0.717) is 29.9 Å². The zero-order valence-corrected chi connectivity index (χ0v) is 14.2. The van der Waals surface area contributed by atoms with Crippen molar-refractivity contribution >= 4 is 29.1 Å². The van der Waals surface area contributed by atoms with E-state index < -0.39 is 6.04 Å². The number of carbonyl (C=O) groups excluding carboxylic acids is 3. The molecule has 0 unspecified atom stereocenters. The summed E-state index contributed by atoms with van der Waals surface area (Å²) < 4.78 is 0. The van der Waals surface area contributed by atoms with E-state index in [9.17, 15) is 14.4 Å². The third-order valence-electron chi connectivity index (χ3n) is 4.85. The monoisotopic (exact) mass is 349 g/mol. The number of hydrogen-bond donors (Lipinski definition) is 1. The highest BCUT2D eigenvalue weighted by molar-refractivity contribution is 6.13. The molecule has 1 N–H and O–H groups in total. The van der Waals surface area contributed by atoms with E-state index in [-0.39, 0.29) is 24.3 Å². The predicted molar refractivity (Wildman–Crippen MR) is 97.9 cm³/mol. The van der Waals surface area contributed by atoms with Crippen molar-refractivity contribution in [2.75, 3.05) is 23.3 Å². The third kappa shape index (κ3) is 2.83. The lowest BCUT2D eigenvalue weighted by Gasteiger charge is -2.25. The van der Waals surface area contributed by atoms with E-state index >= 15 is 0 Å². The molecule has 1 fully saturated rings. The maximum atomic E-state index is 13.1. The van der Waals surface area contributed by atoms with Crippen LogP contribution in [0.15, 0.2) is 54.6 Å². The van der Waals surface area contributed by atoms with Crippen LogP contribution in [0, 0.1) is 0 Å². The van der Waals surface area contributed by atoms with Crippen LogP contribution in [0.25, 0.3) is 0 Å². The Morgan fingerprint density at radius 3 is 2.58 bits per heavy atom. The highest BCUT2D eigenvalue weighted by atomic mass is 16.2. The quantitative estimate of drug-likeness (QED) is 0.924. The fraction of sp³-hybridized carbons (Fsp3) is 0.250. The number of para-hydroxylation sites is 2. The topological polar surface area (TPSA) is 69.7 Å². The molecule has 2 heterocycles. The summed E-state index contributed by atoms with van der Waals surface area (Å²) in [5, 5.41) is 2.80. The molecule has 4 rings (SSSR count). The molecule has 0 aromatic heterocycles. The number of benzene rings is 2. The van der Waals surface area contributed by atoms with Gasteiger partial charge in [0.2, 0.25) is 11.8 Å². The first-order valence-corrected chi connectivity index (χ1v) is 8.71. The van der Waals surface area contributed by atoms with Crippen LogP contribution in [0.4, 0.5) is 11.4 Å². The number of rotatable bonds is 3. The molecule has 3 amide bonds. The number of nitrogens with one attached hydrogen (secondary N) is 1. The first-order chi connectivity index (χ1) is 12.6. The van der Waals surface area contributed by atoms with Gasteiger partial charge in [-0.2, -0.15) is 0 Å². The summed E-state index contributed by atoms with van der Waals surface area (Å²) in [5.74, 6) is -0.621. The Hall–Kier alpha value is -3.15. The van der Waals surface area contributed by atoms with Gasteiger partial charge in [0.25, 0.3) is 5.91 Å². The van der Waals surface area contributed by atoms with Crippen LogP contribution in [-0.4, -0.2) is 41.8 Å². The number of nitrogens with zero attached hydrogens (tertiary/aromatic N) is 2. The van der Waals surface area contributed by atoms with Gasteiger partial charge in [-0.1, -0.05) is 30.3 Å². The molecular weight excluding hydrogens is 330 g/mol. The summed E-state index contributed by atoms with van der Waals surface area (Å²) in [6, 6.07) is 15.6. The molecule has 0 saturated carbocycles. The average molecular weight is 349 g/mol. The predicted octanol–water partition coefficient (Wildman–Crippen LogP) is 2.28. The Bertz CT molecular complexity index is 866. The molecule has 132 valence electrons. The van der Waals surface area contributed by atoms with Crippen LogP contribution >= 0.6 is 0 Å². The van der Waals surface area contributed by atoms with E-state index in [1.807, 2.05) is 18.2 Å². The fourth-order valence-corrected chi connectivity index (χ4v) is 3.64.